The van der Waals surface area contributed by atoms with Crippen molar-refractivity contribution in [1.29, 1.82) is 0 Å². The Kier molecular flexibility index (Phi) is 3.87. The number of ether oxygens (including phenoxy) is 1. The smallest absolute Gasteiger partial charge is 0.133 e. The second-order valence-electron chi connectivity index (χ2n) is 3.54. The highest BCUT2D eigenvalue weighted by Crippen LogP contribution is 2.25. The van der Waals surface area contributed by atoms with Crippen molar-refractivity contribution in [2.75, 3.05) is 7.11 Å². The average molecular weight is 268 g/mol. The minimum atomic E-state index is 0.357. The Morgan fingerprint density at radius 3 is 2.47 bits per heavy atom. The van der Waals surface area contributed by atoms with Crippen molar-refractivity contribution in [3.05, 3.63) is 47.2 Å². The van der Waals surface area contributed by atoms with Gasteiger partial charge in [-0.2, -0.15) is 0 Å². The molecule has 0 saturated heterocycles. The molecule has 0 bridgehead atoms. The van der Waals surface area contributed by atoms with Crippen LogP contribution in [0.25, 0.3) is 11.1 Å². The van der Waals surface area contributed by atoms with Crippen LogP contribution in [0.4, 0.5) is 0 Å². The van der Waals surface area contributed by atoms with E-state index in [1.54, 1.807) is 13.3 Å². The third-order valence-corrected chi connectivity index (χ3v) is 3.11. The fourth-order valence-corrected chi connectivity index (χ4v) is 1.97. The molecule has 0 fully saturated rings. The molecular formula is C13H11Cl2NO. The third-order valence-electron chi connectivity index (χ3n) is 2.48. The molecule has 0 radical (unpaired) electrons. The van der Waals surface area contributed by atoms with E-state index in [4.69, 9.17) is 27.9 Å². The first-order valence-electron chi connectivity index (χ1n) is 5.09. The second-order valence-corrected chi connectivity index (χ2v) is 4.16. The molecule has 2 rings (SSSR count). The Labute approximate surface area is 110 Å². The molecule has 0 amide bonds. The van der Waals surface area contributed by atoms with Gasteiger partial charge in [-0.05, 0) is 23.8 Å². The van der Waals surface area contributed by atoms with E-state index in [0.717, 1.165) is 22.4 Å². The Balaban J connectivity index is 2.38. The van der Waals surface area contributed by atoms with Crippen LogP contribution in [0.5, 0.6) is 5.75 Å². The molecule has 1 aromatic carbocycles. The predicted octanol–water partition coefficient (Wildman–Crippen LogP) is 4.15. The zero-order valence-electron chi connectivity index (χ0n) is 9.28. The molecule has 0 unspecified atom stereocenters. The van der Waals surface area contributed by atoms with Crippen LogP contribution < -0.4 is 4.74 Å². The summed E-state index contributed by atoms with van der Waals surface area (Å²) < 4.78 is 5.11. The molecule has 0 aliphatic heterocycles. The standard InChI is InChI=1S/C13H11Cl2NO/c1-17-12-4-2-9(3-5-12)11-6-10(7-14)13(15)16-8-11/h2-6,8H,7H2,1H3. The molecule has 88 valence electrons. The number of alkyl halides is 1. The highest BCUT2D eigenvalue weighted by molar-refractivity contribution is 6.31. The van der Waals surface area contributed by atoms with Gasteiger partial charge in [-0.15, -0.1) is 11.6 Å². The summed E-state index contributed by atoms with van der Waals surface area (Å²) in [5.74, 6) is 1.18. The lowest BCUT2D eigenvalue weighted by molar-refractivity contribution is 0.415. The lowest BCUT2D eigenvalue weighted by Gasteiger charge is -2.06. The molecule has 0 atom stereocenters. The minimum absolute atomic E-state index is 0.357. The lowest BCUT2D eigenvalue weighted by atomic mass is 10.1. The Morgan fingerprint density at radius 2 is 1.88 bits per heavy atom. The quantitative estimate of drug-likeness (QED) is 0.616. The van der Waals surface area contributed by atoms with Crippen LogP contribution in [0.1, 0.15) is 5.56 Å². The summed E-state index contributed by atoms with van der Waals surface area (Å²) >= 11 is 11.7. The van der Waals surface area contributed by atoms with Crippen LogP contribution in [0.15, 0.2) is 36.5 Å². The van der Waals surface area contributed by atoms with Crippen molar-refractivity contribution < 1.29 is 4.74 Å². The van der Waals surface area contributed by atoms with Gasteiger partial charge in [-0.25, -0.2) is 4.98 Å². The van der Waals surface area contributed by atoms with Gasteiger partial charge in [0.1, 0.15) is 10.9 Å². The molecule has 0 aliphatic rings. The normalized spacial score (nSPS) is 10.3. The Hall–Kier alpha value is -1.25. The fourth-order valence-electron chi connectivity index (χ4n) is 1.53. The highest BCUT2D eigenvalue weighted by atomic mass is 35.5. The van der Waals surface area contributed by atoms with Gasteiger partial charge in [0, 0.05) is 17.3 Å². The molecular weight excluding hydrogens is 257 g/mol. The predicted molar refractivity (Wildman–Crippen MR) is 70.8 cm³/mol. The van der Waals surface area contributed by atoms with Crippen LogP contribution in [-0.2, 0) is 5.88 Å². The van der Waals surface area contributed by atoms with Crippen molar-refractivity contribution in [3.8, 4) is 16.9 Å². The number of hydrogen-bond donors (Lipinski definition) is 0. The zero-order valence-corrected chi connectivity index (χ0v) is 10.8. The van der Waals surface area contributed by atoms with Gasteiger partial charge in [-0.3, -0.25) is 0 Å². The second kappa shape index (κ2) is 5.39. The van der Waals surface area contributed by atoms with Crippen molar-refractivity contribution in [2.45, 2.75) is 5.88 Å². The molecule has 1 heterocycles. The molecule has 2 nitrogen and oxygen atoms in total. The summed E-state index contributed by atoms with van der Waals surface area (Å²) in [5, 5.41) is 0.456. The maximum absolute atomic E-state index is 5.92. The van der Waals surface area contributed by atoms with Gasteiger partial charge in [0.05, 0.1) is 13.0 Å². The number of rotatable bonds is 3. The fraction of sp³-hybridized carbons (Fsp3) is 0.154. The monoisotopic (exact) mass is 267 g/mol. The van der Waals surface area contributed by atoms with Crippen molar-refractivity contribution in [3.63, 3.8) is 0 Å². The van der Waals surface area contributed by atoms with E-state index in [0.29, 0.717) is 11.0 Å². The first kappa shape index (κ1) is 12.2. The van der Waals surface area contributed by atoms with Gasteiger partial charge in [0.15, 0.2) is 0 Å². The van der Waals surface area contributed by atoms with E-state index in [-0.39, 0.29) is 0 Å². The molecule has 0 saturated carbocycles. The van der Waals surface area contributed by atoms with Crippen LogP contribution in [0.3, 0.4) is 0 Å². The molecule has 0 aliphatic carbocycles. The average Bonchev–Trinajstić information content (AvgIpc) is 2.39. The number of aromatic nitrogens is 1. The number of pyridine rings is 1. The van der Waals surface area contributed by atoms with E-state index >= 15 is 0 Å². The Morgan fingerprint density at radius 1 is 1.18 bits per heavy atom. The van der Waals surface area contributed by atoms with Crippen LogP contribution in [0, 0.1) is 0 Å². The minimum Gasteiger partial charge on any atom is -0.497 e. The van der Waals surface area contributed by atoms with E-state index in [1.165, 1.54) is 0 Å². The van der Waals surface area contributed by atoms with Gasteiger partial charge in [0.2, 0.25) is 0 Å². The van der Waals surface area contributed by atoms with Crippen LogP contribution in [0.2, 0.25) is 5.15 Å². The van der Waals surface area contributed by atoms with Gasteiger partial charge in [-0.1, -0.05) is 23.7 Å². The van der Waals surface area contributed by atoms with E-state index in [2.05, 4.69) is 4.98 Å². The highest BCUT2D eigenvalue weighted by Gasteiger charge is 2.04. The Bertz CT molecular complexity index is 511. The molecule has 4 heteroatoms. The molecule has 2 aromatic rings. The maximum Gasteiger partial charge on any atom is 0.133 e. The van der Waals surface area contributed by atoms with Crippen LogP contribution >= 0.6 is 23.2 Å². The summed E-state index contributed by atoms with van der Waals surface area (Å²) in [6, 6.07) is 9.71. The van der Waals surface area contributed by atoms with Crippen molar-refractivity contribution >= 4 is 23.2 Å². The molecule has 0 spiro atoms. The summed E-state index contributed by atoms with van der Waals surface area (Å²) in [6.45, 7) is 0. The maximum atomic E-state index is 5.92. The summed E-state index contributed by atoms with van der Waals surface area (Å²) in [4.78, 5) is 4.12. The van der Waals surface area contributed by atoms with E-state index < -0.39 is 0 Å². The third kappa shape index (κ3) is 2.71. The number of nitrogens with zero attached hydrogens (tertiary/aromatic N) is 1. The van der Waals surface area contributed by atoms with Crippen LogP contribution in [-0.4, -0.2) is 12.1 Å². The summed E-state index contributed by atoms with van der Waals surface area (Å²) in [5.41, 5.74) is 2.88. The summed E-state index contributed by atoms with van der Waals surface area (Å²) in [6.07, 6.45) is 1.74. The topological polar surface area (TPSA) is 22.1 Å². The number of halogens is 2. The van der Waals surface area contributed by atoms with Gasteiger partial charge >= 0.3 is 0 Å². The van der Waals surface area contributed by atoms with Crippen molar-refractivity contribution in [2.24, 2.45) is 0 Å². The first-order chi connectivity index (χ1) is 8.24. The SMILES string of the molecule is COc1ccc(-c2cnc(Cl)c(CCl)c2)cc1. The number of benzene rings is 1. The van der Waals surface area contributed by atoms with E-state index in [1.807, 2.05) is 30.3 Å². The lowest BCUT2D eigenvalue weighted by Crippen LogP contribution is -1.88. The summed E-state index contributed by atoms with van der Waals surface area (Å²) in [7, 11) is 1.64. The van der Waals surface area contributed by atoms with Gasteiger partial charge in [0.25, 0.3) is 0 Å². The molecule has 1 aromatic heterocycles. The van der Waals surface area contributed by atoms with Crippen molar-refractivity contribution in [1.82, 2.24) is 4.98 Å². The zero-order chi connectivity index (χ0) is 12.3. The van der Waals surface area contributed by atoms with Gasteiger partial charge < -0.3 is 4.74 Å². The number of hydrogen-bond acceptors (Lipinski definition) is 2. The van der Waals surface area contributed by atoms with E-state index in [9.17, 15) is 0 Å². The number of methoxy groups -OCH3 is 1. The molecule has 17 heavy (non-hydrogen) atoms. The largest absolute Gasteiger partial charge is 0.497 e. The first-order valence-corrected chi connectivity index (χ1v) is 6.00. The molecule has 0 N–H and O–H groups in total.